The van der Waals surface area contributed by atoms with E-state index in [1.54, 1.807) is 25.2 Å². The van der Waals surface area contributed by atoms with Crippen molar-refractivity contribution in [1.82, 2.24) is 9.78 Å². The first kappa shape index (κ1) is 10.7. The predicted octanol–water partition coefficient (Wildman–Crippen LogP) is 2.18. The number of nitrogens with one attached hydrogen (secondary N) is 1. The minimum atomic E-state index is -0.137. The smallest absolute Gasteiger partial charge is 0.266 e. The van der Waals surface area contributed by atoms with Crippen molar-refractivity contribution in [2.24, 2.45) is 7.05 Å². The zero-order valence-corrected chi connectivity index (χ0v) is 9.40. The molecule has 0 bridgehead atoms. The van der Waals surface area contributed by atoms with Crippen LogP contribution >= 0.6 is 11.6 Å². The summed E-state index contributed by atoms with van der Waals surface area (Å²) in [6, 6.07) is 10.4. The van der Waals surface area contributed by atoms with Crippen LogP contribution < -0.4 is 10.9 Å². The lowest BCUT2D eigenvalue weighted by molar-refractivity contribution is 0.713. The molecular formula is C11H10ClN3O. The van der Waals surface area contributed by atoms with Crippen LogP contribution in [0.1, 0.15) is 0 Å². The monoisotopic (exact) mass is 235 g/mol. The van der Waals surface area contributed by atoms with Gasteiger partial charge < -0.3 is 5.32 Å². The van der Waals surface area contributed by atoms with E-state index in [2.05, 4.69) is 10.4 Å². The summed E-state index contributed by atoms with van der Waals surface area (Å²) in [5.41, 5.74) is 0.734. The van der Waals surface area contributed by atoms with Crippen molar-refractivity contribution < 1.29 is 0 Å². The van der Waals surface area contributed by atoms with Crippen LogP contribution in [0, 0.1) is 0 Å². The number of nitrogens with zero attached hydrogens (tertiary/aromatic N) is 2. The van der Waals surface area contributed by atoms with E-state index in [1.807, 2.05) is 12.1 Å². The lowest BCUT2D eigenvalue weighted by Crippen LogP contribution is -2.18. The van der Waals surface area contributed by atoms with Gasteiger partial charge in [0.05, 0.1) is 0 Å². The van der Waals surface area contributed by atoms with Crippen molar-refractivity contribution >= 4 is 23.1 Å². The second kappa shape index (κ2) is 4.37. The Bertz CT molecular complexity index is 548. The Morgan fingerprint density at radius 3 is 2.50 bits per heavy atom. The number of anilines is 2. The van der Waals surface area contributed by atoms with Gasteiger partial charge in [0.15, 0.2) is 5.82 Å². The highest BCUT2D eigenvalue weighted by Gasteiger charge is 1.97. The third kappa shape index (κ3) is 2.41. The zero-order valence-electron chi connectivity index (χ0n) is 8.64. The van der Waals surface area contributed by atoms with E-state index in [-0.39, 0.29) is 5.56 Å². The second-order valence-electron chi connectivity index (χ2n) is 3.31. The van der Waals surface area contributed by atoms with Crippen LogP contribution in [-0.2, 0) is 7.05 Å². The predicted molar refractivity (Wildman–Crippen MR) is 64.2 cm³/mol. The van der Waals surface area contributed by atoms with E-state index in [0.717, 1.165) is 5.69 Å². The molecule has 1 aromatic heterocycles. The lowest BCUT2D eigenvalue weighted by atomic mass is 10.3. The molecule has 0 amide bonds. The fourth-order valence-corrected chi connectivity index (χ4v) is 1.38. The third-order valence-electron chi connectivity index (χ3n) is 2.08. The molecule has 1 heterocycles. The van der Waals surface area contributed by atoms with E-state index < -0.39 is 0 Å². The molecule has 0 aliphatic heterocycles. The minimum absolute atomic E-state index is 0.137. The first-order valence-electron chi connectivity index (χ1n) is 4.72. The highest BCUT2D eigenvalue weighted by Crippen LogP contribution is 2.16. The average molecular weight is 236 g/mol. The number of hydrogen-bond donors (Lipinski definition) is 1. The van der Waals surface area contributed by atoms with Crippen LogP contribution in [0.3, 0.4) is 0 Å². The summed E-state index contributed by atoms with van der Waals surface area (Å²) in [4.78, 5) is 11.1. The minimum Gasteiger partial charge on any atom is -0.339 e. The first-order valence-corrected chi connectivity index (χ1v) is 5.10. The molecule has 16 heavy (non-hydrogen) atoms. The Morgan fingerprint density at radius 1 is 1.19 bits per heavy atom. The molecule has 0 fully saturated rings. The van der Waals surface area contributed by atoms with Crippen LogP contribution in [0.5, 0.6) is 0 Å². The van der Waals surface area contributed by atoms with E-state index in [1.165, 1.54) is 10.7 Å². The molecule has 82 valence electrons. The highest BCUT2D eigenvalue weighted by atomic mass is 35.5. The van der Waals surface area contributed by atoms with Gasteiger partial charge in [-0.2, -0.15) is 5.10 Å². The molecule has 0 unspecified atom stereocenters. The Hall–Kier alpha value is -1.81. The van der Waals surface area contributed by atoms with Crippen molar-refractivity contribution in [3.63, 3.8) is 0 Å². The van der Waals surface area contributed by atoms with Gasteiger partial charge in [-0.1, -0.05) is 11.6 Å². The van der Waals surface area contributed by atoms with Gasteiger partial charge in [0.25, 0.3) is 5.56 Å². The summed E-state index contributed by atoms with van der Waals surface area (Å²) in [5, 5.41) is 7.80. The molecule has 5 heteroatoms. The van der Waals surface area contributed by atoms with Crippen molar-refractivity contribution in [3.05, 3.63) is 51.8 Å². The summed E-state index contributed by atoms with van der Waals surface area (Å²) >= 11 is 5.77. The molecule has 1 aromatic carbocycles. The van der Waals surface area contributed by atoms with E-state index in [4.69, 9.17) is 11.6 Å². The van der Waals surface area contributed by atoms with Gasteiger partial charge in [0.2, 0.25) is 0 Å². The Kier molecular flexibility index (Phi) is 2.92. The third-order valence-corrected chi connectivity index (χ3v) is 2.33. The number of benzene rings is 1. The number of aryl methyl sites for hydroxylation is 1. The van der Waals surface area contributed by atoms with Gasteiger partial charge in [0.1, 0.15) is 0 Å². The Labute approximate surface area is 97.5 Å². The van der Waals surface area contributed by atoms with Crippen LogP contribution in [0.25, 0.3) is 0 Å². The molecule has 2 rings (SSSR count). The van der Waals surface area contributed by atoms with E-state index in [0.29, 0.717) is 10.8 Å². The highest BCUT2D eigenvalue weighted by molar-refractivity contribution is 6.30. The summed E-state index contributed by atoms with van der Waals surface area (Å²) in [6.45, 7) is 0. The van der Waals surface area contributed by atoms with Crippen LogP contribution in [0.15, 0.2) is 41.2 Å². The van der Waals surface area contributed by atoms with Gasteiger partial charge in [0, 0.05) is 23.8 Å². The van der Waals surface area contributed by atoms with E-state index >= 15 is 0 Å². The van der Waals surface area contributed by atoms with Crippen LogP contribution in [0.4, 0.5) is 11.5 Å². The SMILES string of the molecule is Cn1nc(Nc2ccc(Cl)cc2)ccc1=O. The quantitative estimate of drug-likeness (QED) is 0.868. The molecule has 2 aromatic rings. The molecule has 0 radical (unpaired) electrons. The van der Waals surface area contributed by atoms with Crippen LogP contribution in [0.2, 0.25) is 5.02 Å². The van der Waals surface area contributed by atoms with Crippen molar-refractivity contribution in [2.75, 3.05) is 5.32 Å². The molecule has 1 N–H and O–H groups in total. The first-order chi connectivity index (χ1) is 7.65. The van der Waals surface area contributed by atoms with Crippen molar-refractivity contribution in [1.29, 1.82) is 0 Å². The number of hydrogen-bond acceptors (Lipinski definition) is 3. The number of rotatable bonds is 2. The second-order valence-corrected chi connectivity index (χ2v) is 3.75. The molecule has 0 atom stereocenters. The lowest BCUT2D eigenvalue weighted by Gasteiger charge is -2.06. The average Bonchev–Trinajstić information content (AvgIpc) is 2.27. The van der Waals surface area contributed by atoms with Gasteiger partial charge in [-0.3, -0.25) is 4.79 Å². The largest absolute Gasteiger partial charge is 0.339 e. The Morgan fingerprint density at radius 2 is 1.88 bits per heavy atom. The van der Waals surface area contributed by atoms with Crippen molar-refractivity contribution in [3.8, 4) is 0 Å². The van der Waals surface area contributed by atoms with Gasteiger partial charge in [-0.05, 0) is 30.3 Å². The van der Waals surface area contributed by atoms with Gasteiger partial charge in [-0.15, -0.1) is 0 Å². The topological polar surface area (TPSA) is 46.9 Å². The summed E-state index contributed by atoms with van der Waals surface area (Å²) in [5.74, 6) is 0.615. The van der Waals surface area contributed by atoms with Crippen molar-refractivity contribution in [2.45, 2.75) is 0 Å². The summed E-state index contributed by atoms with van der Waals surface area (Å²) in [7, 11) is 1.61. The molecule has 0 saturated carbocycles. The number of aromatic nitrogens is 2. The standard InChI is InChI=1S/C11H10ClN3O/c1-15-11(16)7-6-10(14-15)13-9-4-2-8(12)3-5-9/h2-7H,1H3,(H,13,14). The molecular weight excluding hydrogens is 226 g/mol. The summed E-state index contributed by atoms with van der Waals surface area (Å²) in [6.07, 6.45) is 0. The zero-order chi connectivity index (χ0) is 11.5. The van der Waals surface area contributed by atoms with Gasteiger partial charge >= 0.3 is 0 Å². The molecule has 0 aliphatic rings. The molecule has 0 saturated heterocycles. The van der Waals surface area contributed by atoms with E-state index in [9.17, 15) is 4.79 Å². The Balaban J connectivity index is 2.23. The molecule has 4 nitrogen and oxygen atoms in total. The molecule has 0 aliphatic carbocycles. The summed E-state index contributed by atoms with van der Waals surface area (Å²) < 4.78 is 1.28. The van der Waals surface area contributed by atoms with Crippen LogP contribution in [-0.4, -0.2) is 9.78 Å². The number of halogens is 1. The normalized spacial score (nSPS) is 10.1. The maximum atomic E-state index is 11.1. The fraction of sp³-hybridized carbons (Fsp3) is 0.0909. The van der Waals surface area contributed by atoms with Gasteiger partial charge in [-0.25, -0.2) is 4.68 Å². The maximum Gasteiger partial charge on any atom is 0.266 e. The molecule has 0 spiro atoms. The maximum absolute atomic E-state index is 11.1. The fourth-order valence-electron chi connectivity index (χ4n) is 1.25.